The Labute approximate surface area is 163 Å². The Morgan fingerprint density at radius 3 is 2.46 bits per heavy atom. The molecule has 0 heterocycles. The number of carboxylic acid groups (broad SMARTS) is 1. The van der Waals surface area contributed by atoms with Crippen LogP contribution in [0.3, 0.4) is 0 Å². The summed E-state index contributed by atoms with van der Waals surface area (Å²) >= 11 is 0. The quantitative estimate of drug-likeness (QED) is 0.449. The zero-order valence-electron chi connectivity index (χ0n) is 15.3. The number of nitrogens with zero attached hydrogens (tertiary/aromatic N) is 1. The summed E-state index contributed by atoms with van der Waals surface area (Å²) in [5.74, 6) is 0.233. The number of para-hydroxylation sites is 1. The van der Waals surface area contributed by atoms with Gasteiger partial charge in [-0.15, -0.1) is 0 Å². The highest BCUT2D eigenvalue weighted by molar-refractivity contribution is 5.87. The van der Waals surface area contributed by atoms with Crippen LogP contribution in [0.15, 0.2) is 77.9 Å². The number of hydrogen-bond acceptors (Lipinski definition) is 5. The predicted octanol–water partition coefficient (Wildman–Crippen LogP) is 4.42. The first kappa shape index (κ1) is 19.0. The SMILES string of the molecule is COc1cc(/C=N\Nc2ccccc2)ccc1OCc1ccc(C(=O)O)cc1. The third-order valence-electron chi connectivity index (χ3n) is 3.96. The molecule has 0 saturated carbocycles. The minimum atomic E-state index is -0.951. The monoisotopic (exact) mass is 376 g/mol. The molecule has 0 bridgehead atoms. The predicted molar refractivity (Wildman–Crippen MR) is 108 cm³/mol. The maximum atomic E-state index is 10.9. The summed E-state index contributed by atoms with van der Waals surface area (Å²) in [6, 6.07) is 21.8. The highest BCUT2D eigenvalue weighted by Crippen LogP contribution is 2.28. The number of methoxy groups -OCH3 is 1. The van der Waals surface area contributed by atoms with Crippen molar-refractivity contribution in [1.29, 1.82) is 0 Å². The molecule has 0 spiro atoms. The highest BCUT2D eigenvalue weighted by Gasteiger charge is 2.07. The molecule has 3 aromatic rings. The van der Waals surface area contributed by atoms with Crippen molar-refractivity contribution < 1.29 is 19.4 Å². The van der Waals surface area contributed by atoms with E-state index in [1.807, 2.05) is 48.5 Å². The number of hydrazone groups is 1. The lowest BCUT2D eigenvalue weighted by molar-refractivity contribution is 0.0697. The average Bonchev–Trinajstić information content (AvgIpc) is 2.73. The number of hydrogen-bond donors (Lipinski definition) is 2. The van der Waals surface area contributed by atoms with Crippen molar-refractivity contribution in [2.24, 2.45) is 5.10 Å². The molecule has 142 valence electrons. The van der Waals surface area contributed by atoms with Crippen LogP contribution in [0, 0.1) is 0 Å². The Morgan fingerprint density at radius 1 is 1.04 bits per heavy atom. The molecule has 6 nitrogen and oxygen atoms in total. The second-order valence-electron chi connectivity index (χ2n) is 5.94. The fraction of sp³-hybridized carbons (Fsp3) is 0.0909. The van der Waals surface area contributed by atoms with E-state index in [0.717, 1.165) is 16.8 Å². The number of rotatable bonds is 8. The van der Waals surface area contributed by atoms with Gasteiger partial charge in [-0.3, -0.25) is 5.43 Å². The van der Waals surface area contributed by atoms with E-state index >= 15 is 0 Å². The first-order chi connectivity index (χ1) is 13.7. The molecule has 0 saturated heterocycles. The molecule has 0 aliphatic carbocycles. The van der Waals surface area contributed by atoms with Gasteiger partial charge in [0.05, 0.1) is 24.6 Å². The fourth-order valence-corrected chi connectivity index (χ4v) is 2.48. The number of ether oxygens (including phenoxy) is 2. The second kappa shape index (κ2) is 9.23. The van der Waals surface area contributed by atoms with E-state index in [4.69, 9.17) is 14.6 Å². The second-order valence-corrected chi connectivity index (χ2v) is 5.94. The first-order valence-corrected chi connectivity index (χ1v) is 8.63. The van der Waals surface area contributed by atoms with E-state index in [-0.39, 0.29) is 5.56 Å². The van der Waals surface area contributed by atoms with Gasteiger partial charge in [0.15, 0.2) is 11.5 Å². The maximum absolute atomic E-state index is 10.9. The molecular formula is C22H20N2O4. The zero-order chi connectivity index (χ0) is 19.8. The largest absolute Gasteiger partial charge is 0.493 e. The van der Waals surface area contributed by atoms with Gasteiger partial charge in [0.25, 0.3) is 0 Å². The standard InChI is InChI=1S/C22H20N2O4/c1-27-21-13-17(14-23-24-19-5-3-2-4-6-19)9-12-20(21)28-15-16-7-10-18(11-8-16)22(25)26/h2-14,24H,15H2,1H3,(H,25,26)/b23-14-. The Bertz CT molecular complexity index is 954. The van der Waals surface area contributed by atoms with Gasteiger partial charge >= 0.3 is 5.97 Å². The van der Waals surface area contributed by atoms with E-state index < -0.39 is 5.97 Å². The van der Waals surface area contributed by atoms with Gasteiger partial charge in [-0.25, -0.2) is 4.79 Å². The normalized spacial score (nSPS) is 10.6. The minimum Gasteiger partial charge on any atom is -0.493 e. The Kier molecular flexibility index (Phi) is 6.25. The molecule has 0 fully saturated rings. The first-order valence-electron chi connectivity index (χ1n) is 8.63. The van der Waals surface area contributed by atoms with E-state index in [9.17, 15) is 4.79 Å². The van der Waals surface area contributed by atoms with Gasteiger partial charge in [0, 0.05) is 0 Å². The molecule has 0 aliphatic heterocycles. The van der Waals surface area contributed by atoms with Gasteiger partial charge in [-0.2, -0.15) is 5.10 Å². The van der Waals surface area contributed by atoms with Crippen LogP contribution in [0.25, 0.3) is 0 Å². The third-order valence-corrected chi connectivity index (χ3v) is 3.96. The third kappa shape index (κ3) is 5.11. The van der Waals surface area contributed by atoms with Gasteiger partial charge in [0.1, 0.15) is 6.61 Å². The summed E-state index contributed by atoms with van der Waals surface area (Å²) in [7, 11) is 1.58. The molecule has 28 heavy (non-hydrogen) atoms. The lowest BCUT2D eigenvalue weighted by Crippen LogP contribution is -2.00. The molecule has 0 atom stereocenters. The lowest BCUT2D eigenvalue weighted by Gasteiger charge is -2.11. The van der Waals surface area contributed by atoms with E-state index in [2.05, 4.69) is 10.5 Å². The van der Waals surface area contributed by atoms with Crippen molar-refractivity contribution in [2.75, 3.05) is 12.5 Å². The van der Waals surface area contributed by atoms with Crippen molar-refractivity contribution in [3.05, 3.63) is 89.5 Å². The number of aromatic carboxylic acids is 1. The van der Waals surface area contributed by atoms with Gasteiger partial charge in [0.2, 0.25) is 0 Å². The van der Waals surface area contributed by atoms with Gasteiger partial charge < -0.3 is 14.6 Å². The number of anilines is 1. The summed E-state index contributed by atoms with van der Waals surface area (Å²) in [6.45, 7) is 0.305. The summed E-state index contributed by atoms with van der Waals surface area (Å²) in [5.41, 5.74) is 5.83. The van der Waals surface area contributed by atoms with Crippen LogP contribution in [-0.2, 0) is 6.61 Å². The van der Waals surface area contributed by atoms with Crippen molar-refractivity contribution in [3.63, 3.8) is 0 Å². The molecule has 3 aromatic carbocycles. The fourth-order valence-electron chi connectivity index (χ4n) is 2.48. The maximum Gasteiger partial charge on any atom is 0.335 e. The Balaban J connectivity index is 1.63. The van der Waals surface area contributed by atoms with Crippen LogP contribution in [0.2, 0.25) is 0 Å². The molecule has 2 N–H and O–H groups in total. The average molecular weight is 376 g/mol. The van der Waals surface area contributed by atoms with Crippen LogP contribution >= 0.6 is 0 Å². The Morgan fingerprint density at radius 2 is 1.79 bits per heavy atom. The number of carboxylic acids is 1. The lowest BCUT2D eigenvalue weighted by atomic mass is 10.1. The highest BCUT2D eigenvalue weighted by atomic mass is 16.5. The molecule has 3 rings (SSSR count). The minimum absolute atomic E-state index is 0.245. The molecule has 6 heteroatoms. The number of carbonyl (C=O) groups is 1. The smallest absolute Gasteiger partial charge is 0.335 e. The summed E-state index contributed by atoms with van der Waals surface area (Å²) < 4.78 is 11.2. The molecule has 0 amide bonds. The molecule has 0 aliphatic rings. The number of nitrogens with one attached hydrogen (secondary N) is 1. The van der Waals surface area contributed by atoms with Crippen molar-refractivity contribution in [1.82, 2.24) is 0 Å². The van der Waals surface area contributed by atoms with Gasteiger partial charge in [-0.05, 0) is 53.6 Å². The number of benzene rings is 3. The van der Waals surface area contributed by atoms with E-state index in [1.54, 1.807) is 37.6 Å². The summed E-state index contributed by atoms with van der Waals surface area (Å²) in [4.78, 5) is 10.9. The van der Waals surface area contributed by atoms with Crippen molar-refractivity contribution in [2.45, 2.75) is 6.61 Å². The Hall–Kier alpha value is -3.80. The van der Waals surface area contributed by atoms with Crippen molar-refractivity contribution >= 4 is 17.9 Å². The zero-order valence-corrected chi connectivity index (χ0v) is 15.3. The van der Waals surface area contributed by atoms with Gasteiger partial charge in [-0.1, -0.05) is 30.3 Å². The molecular weight excluding hydrogens is 356 g/mol. The van der Waals surface area contributed by atoms with Crippen LogP contribution in [0.4, 0.5) is 5.69 Å². The van der Waals surface area contributed by atoms with E-state index in [0.29, 0.717) is 18.1 Å². The van der Waals surface area contributed by atoms with Crippen LogP contribution in [-0.4, -0.2) is 24.4 Å². The topological polar surface area (TPSA) is 80.1 Å². The molecule has 0 radical (unpaired) electrons. The van der Waals surface area contributed by atoms with Crippen LogP contribution in [0.5, 0.6) is 11.5 Å². The van der Waals surface area contributed by atoms with E-state index in [1.165, 1.54) is 0 Å². The van der Waals surface area contributed by atoms with Crippen LogP contribution in [0.1, 0.15) is 21.5 Å². The summed E-state index contributed by atoms with van der Waals surface area (Å²) in [5, 5.41) is 13.2. The van der Waals surface area contributed by atoms with Crippen molar-refractivity contribution in [3.8, 4) is 11.5 Å². The summed E-state index contributed by atoms with van der Waals surface area (Å²) in [6.07, 6.45) is 1.70. The molecule has 0 unspecified atom stereocenters. The molecule has 0 aromatic heterocycles. The van der Waals surface area contributed by atoms with Crippen LogP contribution < -0.4 is 14.9 Å².